The van der Waals surface area contributed by atoms with E-state index in [4.69, 9.17) is 9.84 Å². The zero-order valence-corrected chi connectivity index (χ0v) is 11.3. The van der Waals surface area contributed by atoms with Gasteiger partial charge in [0.15, 0.2) is 0 Å². The molecule has 0 saturated heterocycles. The average Bonchev–Trinajstić information content (AvgIpc) is 3.20. The normalized spacial score (nSPS) is 15.1. The van der Waals surface area contributed by atoms with Gasteiger partial charge in [-0.05, 0) is 43.7 Å². The predicted octanol–water partition coefficient (Wildman–Crippen LogP) is 2.39. The number of benzene rings is 1. The van der Waals surface area contributed by atoms with Crippen LogP contribution in [0, 0.1) is 0 Å². The van der Waals surface area contributed by atoms with E-state index >= 15 is 0 Å². The fourth-order valence-corrected chi connectivity index (χ4v) is 2.11. The van der Waals surface area contributed by atoms with Crippen LogP contribution in [0.15, 0.2) is 24.3 Å². The molecule has 0 heterocycles. The Labute approximate surface area is 113 Å². The number of aliphatic carboxylic acids is 1. The molecule has 1 aromatic carbocycles. The summed E-state index contributed by atoms with van der Waals surface area (Å²) in [5.41, 5.74) is 1.96. The van der Waals surface area contributed by atoms with Gasteiger partial charge < -0.3 is 9.84 Å². The number of hydrogen-bond donors (Lipinski definition) is 1. The quantitative estimate of drug-likeness (QED) is 0.799. The largest absolute Gasteiger partial charge is 0.496 e. The summed E-state index contributed by atoms with van der Waals surface area (Å²) in [6.07, 6.45) is 5.27. The zero-order valence-electron chi connectivity index (χ0n) is 11.3. The first-order chi connectivity index (χ1) is 9.10. The second kappa shape index (κ2) is 5.89. The van der Waals surface area contributed by atoms with Gasteiger partial charge in [0.05, 0.1) is 7.11 Å². The number of carbonyl (C=O) groups is 1. The molecule has 0 aliphatic heterocycles. The Balaban J connectivity index is 2.17. The standard InChI is InChI=1S/C15H19NO3/c1-16(13-5-6-13)10-12-9-11(4-8-15(17)18)3-7-14(12)19-2/h3-4,7-9,13H,5-6,10H2,1-2H3,(H,17,18)/b8-4+. The Hall–Kier alpha value is -1.81. The van der Waals surface area contributed by atoms with E-state index in [0.717, 1.165) is 29.5 Å². The molecular weight excluding hydrogens is 242 g/mol. The van der Waals surface area contributed by atoms with Gasteiger partial charge in [-0.2, -0.15) is 0 Å². The molecule has 4 nitrogen and oxygen atoms in total. The van der Waals surface area contributed by atoms with Crippen LogP contribution in [-0.2, 0) is 11.3 Å². The summed E-state index contributed by atoms with van der Waals surface area (Å²) in [5, 5.41) is 8.65. The van der Waals surface area contributed by atoms with Crippen molar-refractivity contribution in [3.63, 3.8) is 0 Å². The highest BCUT2D eigenvalue weighted by molar-refractivity contribution is 5.85. The number of hydrogen-bond acceptors (Lipinski definition) is 3. The molecule has 102 valence electrons. The molecule has 19 heavy (non-hydrogen) atoms. The minimum absolute atomic E-state index is 0.683. The van der Waals surface area contributed by atoms with Crippen molar-refractivity contribution < 1.29 is 14.6 Å². The fourth-order valence-electron chi connectivity index (χ4n) is 2.11. The predicted molar refractivity (Wildman–Crippen MR) is 74.2 cm³/mol. The first kappa shape index (κ1) is 13.6. The van der Waals surface area contributed by atoms with Crippen molar-refractivity contribution in [3.05, 3.63) is 35.4 Å². The van der Waals surface area contributed by atoms with Gasteiger partial charge in [-0.25, -0.2) is 4.79 Å². The third kappa shape index (κ3) is 3.83. The highest BCUT2D eigenvalue weighted by atomic mass is 16.5. The highest BCUT2D eigenvalue weighted by Crippen LogP contribution is 2.29. The minimum Gasteiger partial charge on any atom is -0.496 e. The number of methoxy groups -OCH3 is 1. The molecule has 0 aromatic heterocycles. The van der Waals surface area contributed by atoms with Crippen LogP contribution in [0.5, 0.6) is 5.75 Å². The number of rotatable bonds is 6. The van der Waals surface area contributed by atoms with E-state index in [9.17, 15) is 4.79 Å². The molecule has 1 aromatic rings. The molecule has 1 saturated carbocycles. The molecule has 0 bridgehead atoms. The van der Waals surface area contributed by atoms with Crippen LogP contribution in [0.25, 0.3) is 6.08 Å². The van der Waals surface area contributed by atoms with E-state index in [1.54, 1.807) is 13.2 Å². The number of carboxylic acids is 1. The Morgan fingerprint density at radius 2 is 2.26 bits per heavy atom. The Morgan fingerprint density at radius 3 is 2.84 bits per heavy atom. The molecule has 1 aliphatic rings. The van der Waals surface area contributed by atoms with Crippen LogP contribution in [0.3, 0.4) is 0 Å². The number of ether oxygens (including phenoxy) is 1. The monoisotopic (exact) mass is 261 g/mol. The van der Waals surface area contributed by atoms with E-state index in [2.05, 4.69) is 11.9 Å². The Morgan fingerprint density at radius 1 is 1.53 bits per heavy atom. The maximum absolute atomic E-state index is 10.5. The summed E-state index contributed by atoms with van der Waals surface area (Å²) < 4.78 is 5.36. The molecule has 4 heteroatoms. The van der Waals surface area contributed by atoms with E-state index < -0.39 is 5.97 Å². The van der Waals surface area contributed by atoms with Crippen molar-refractivity contribution in [2.24, 2.45) is 0 Å². The van der Waals surface area contributed by atoms with Gasteiger partial charge >= 0.3 is 5.97 Å². The number of nitrogens with zero attached hydrogens (tertiary/aromatic N) is 1. The molecule has 1 fully saturated rings. The third-order valence-corrected chi connectivity index (χ3v) is 3.31. The summed E-state index contributed by atoms with van der Waals surface area (Å²) in [7, 11) is 3.76. The molecule has 1 aliphatic carbocycles. The molecule has 0 atom stereocenters. The molecule has 0 unspecified atom stereocenters. The van der Waals surface area contributed by atoms with E-state index in [-0.39, 0.29) is 0 Å². The molecule has 1 N–H and O–H groups in total. The Kier molecular flexibility index (Phi) is 4.22. The third-order valence-electron chi connectivity index (χ3n) is 3.31. The van der Waals surface area contributed by atoms with E-state index in [1.165, 1.54) is 12.8 Å². The van der Waals surface area contributed by atoms with Crippen molar-refractivity contribution in [2.45, 2.75) is 25.4 Å². The van der Waals surface area contributed by atoms with Crippen LogP contribution in [0.4, 0.5) is 0 Å². The maximum Gasteiger partial charge on any atom is 0.328 e. The summed E-state index contributed by atoms with van der Waals surface area (Å²) in [5.74, 6) is -0.0903. The van der Waals surface area contributed by atoms with Crippen molar-refractivity contribution in [1.29, 1.82) is 0 Å². The van der Waals surface area contributed by atoms with E-state index in [0.29, 0.717) is 6.04 Å². The van der Waals surface area contributed by atoms with Gasteiger partial charge in [-0.3, -0.25) is 4.90 Å². The van der Waals surface area contributed by atoms with E-state index in [1.807, 2.05) is 18.2 Å². The van der Waals surface area contributed by atoms with Crippen LogP contribution in [0.2, 0.25) is 0 Å². The lowest BCUT2D eigenvalue weighted by Crippen LogP contribution is -2.20. The first-order valence-corrected chi connectivity index (χ1v) is 6.38. The zero-order chi connectivity index (χ0) is 13.8. The van der Waals surface area contributed by atoms with Crippen LogP contribution in [-0.4, -0.2) is 36.2 Å². The summed E-state index contributed by atoms with van der Waals surface area (Å²) in [4.78, 5) is 12.8. The topological polar surface area (TPSA) is 49.8 Å². The van der Waals surface area contributed by atoms with Crippen LogP contribution >= 0.6 is 0 Å². The van der Waals surface area contributed by atoms with Gasteiger partial charge in [0.1, 0.15) is 5.75 Å². The summed E-state index contributed by atoms with van der Waals surface area (Å²) >= 11 is 0. The van der Waals surface area contributed by atoms with Gasteiger partial charge in [-0.15, -0.1) is 0 Å². The Bertz CT molecular complexity index is 492. The summed E-state index contributed by atoms with van der Waals surface area (Å²) in [6, 6.07) is 6.41. The number of carboxylic acid groups (broad SMARTS) is 1. The average molecular weight is 261 g/mol. The van der Waals surface area contributed by atoms with Gasteiger partial charge in [0, 0.05) is 24.2 Å². The van der Waals surface area contributed by atoms with Crippen molar-refractivity contribution >= 4 is 12.0 Å². The van der Waals surface area contributed by atoms with Crippen LogP contribution in [0.1, 0.15) is 24.0 Å². The highest BCUT2D eigenvalue weighted by Gasteiger charge is 2.26. The molecule has 0 amide bonds. The molecule has 2 rings (SSSR count). The molecule has 0 radical (unpaired) electrons. The fraction of sp³-hybridized carbons (Fsp3) is 0.400. The van der Waals surface area contributed by atoms with Crippen molar-refractivity contribution in [1.82, 2.24) is 4.90 Å². The minimum atomic E-state index is -0.938. The van der Waals surface area contributed by atoms with Crippen molar-refractivity contribution in [3.8, 4) is 5.75 Å². The van der Waals surface area contributed by atoms with Crippen molar-refractivity contribution in [2.75, 3.05) is 14.2 Å². The smallest absolute Gasteiger partial charge is 0.328 e. The van der Waals surface area contributed by atoms with Gasteiger partial charge in [-0.1, -0.05) is 6.07 Å². The lowest BCUT2D eigenvalue weighted by Gasteiger charge is -2.18. The van der Waals surface area contributed by atoms with Gasteiger partial charge in [0.25, 0.3) is 0 Å². The lowest BCUT2D eigenvalue weighted by atomic mass is 10.1. The molecule has 0 spiro atoms. The molecular formula is C15H19NO3. The second-order valence-electron chi connectivity index (χ2n) is 4.89. The second-order valence-corrected chi connectivity index (χ2v) is 4.89. The van der Waals surface area contributed by atoms with Gasteiger partial charge in [0.2, 0.25) is 0 Å². The SMILES string of the molecule is COc1ccc(/C=C/C(=O)O)cc1CN(C)C1CC1. The van der Waals surface area contributed by atoms with Crippen LogP contribution < -0.4 is 4.74 Å². The summed E-state index contributed by atoms with van der Waals surface area (Å²) in [6.45, 7) is 0.822. The lowest BCUT2D eigenvalue weighted by molar-refractivity contribution is -0.131. The first-order valence-electron chi connectivity index (χ1n) is 6.38. The maximum atomic E-state index is 10.5.